The minimum atomic E-state index is -0.219. The molecule has 1 aliphatic carbocycles. The Morgan fingerprint density at radius 1 is 1.24 bits per heavy atom. The number of aromatic nitrogens is 3. The second-order valence-electron chi connectivity index (χ2n) is 8.06. The summed E-state index contributed by atoms with van der Waals surface area (Å²) in [6, 6.07) is 0. The number of nitrogens with zero attached hydrogens (tertiary/aromatic N) is 5. The van der Waals surface area contributed by atoms with Gasteiger partial charge < -0.3 is 14.4 Å². The van der Waals surface area contributed by atoms with Gasteiger partial charge in [-0.2, -0.15) is 0 Å². The Balaban J connectivity index is 1.76. The van der Waals surface area contributed by atoms with E-state index in [0.29, 0.717) is 37.2 Å². The molecule has 2 aliphatic rings. The summed E-state index contributed by atoms with van der Waals surface area (Å²) in [7, 11) is 3.62. The van der Waals surface area contributed by atoms with E-state index in [1.807, 2.05) is 11.6 Å². The van der Waals surface area contributed by atoms with E-state index in [0.717, 1.165) is 32.1 Å². The average molecular weight is 347 g/mol. The Hall–Kier alpha value is -1.92. The van der Waals surface area contributed by atoms with Crippen LogP contribution in [-0.4, -0.2) is 57.0 Å². The molecular formula is C18H29N5O2. The molecule has 1 aromatic rings. The molecule has 0 unspecified atom stereocenters. The van der Waals surface area contributed by atoms with Gasteiger partial charge in [0.2, 0.25) is 11.7 Å². The van der Waals surface area contributed by atoms with Crippen LogP contribution in [0.1, 0.15) is 62.4 Å². The summed E-state index contributed by atoms with van der Waals surface area (Å²) < 4.78 is 1.86. The maximum Gasteiger partial charge on any atom is 0.291 e. The van der Waals surface area contributed by atoms with Crippen LogP contribution in [0, 0.1) is 11.3 Å². The number of amides is 2. The average Bonchev–Trinajstić information content (AvgIpc) is 3.18. The zero-order valence-electron chi connectivity index (χ0n) is 15.8. The maximum atomic E-state index is 13.2. The van der Waals surface area contributed by atoms with Gasteiger partial charge in [-0.05, 0) is 25.2 Å². The standard InChI is InChI=1S/C18H29N5O2/c1-13(2)11-18(7-5-6-8-18)17(25)22(4)12-14-19-20-15-16(24)21(3)9-10-23(14)15/h13H,5-12H2,1-4H3. The maximum absolute atomic E-state index is 13.2. The molecule has 0 atom stereocenters. The fourth-order valence-corrected chi connectivity index (χ4v) is 4.40. The summed E-state index contributed by atoms with van der Waals surface area (Å²) in [5.41, 5.74) is -0.219. The van der Waals surface area contributed by atoms with E-state index < -0.39 is 0 Å². The van der Waals surface area contributed by atoms with Crippen LogP contribution in [0.15, 0.2) is 0 Å². The number of hydrogen-bond donors (Lipinski definition) is 0. The fourth-order valence-electron chi connectivity index (χ4n) is 4.40. The van der Waals surface area contributed by atoms with Crippen molar-refractivity contribution >= 4 is 11.8 Å². The lowest BCUT2D eigenvalue weighted by Gasteiger charge is -2.34. The number of carbonyl (C=O) groups is 2. The van der Waals surface area contributed by atoms with Crippen LogP contribution in [0.2, 0.25) is 0 Å². The van der Waals surface area contributed by atoms with Gasteiger partial charge in [-0.25, -0.2) is 0 Å². The topological polar surface area (TPSA) is 71.3 Å². The van der Waals surface area contributed by atoms with Crippen LogP contribution in [-0.2, 0) is 17.9 Å². The molecule has 1 aromatic heterocycles. The zero-order valence-corrected chi connectivity index (χ0v) is 15.8. The highest BCUT2D eigenvalue weighted by Gasteiger charge is 2.43. The lowest BCUT2D eigenvalue weighted by Crippen LogP contribution is -2.42. The normalized spacial score (nSPS) is 19.4. The van der Waals surface area contributed by atoms with Crippen LogP contribution < -0.4 is 0 Å². The summed E-state index contributed by atoms with van der Waals surface area (Å²) in [5, 5.41) is 8.23. The van der Waals surface area contributed by atoms with E-state index >= 15 is 0 Å². The van der Waals surface area contributed by atoms with Crippen molar-refractivity contribution in [2.45, 2.75) is 59.0 Å². The van der Waals surface area contributed by atoms with E-state index in [1.54, 1.807) is 16.8 Å². The minimum Gasteiger partial charge on any atom is -0.338 e. The number of carbonyl (C=O) groups excluding carboxylic acids is 2. The van der Waals surface area contributed by atoms with Crippen molar-refractivity contribution < 1.29 is 9.59 Å². The molecule has 138 valence electrons. The predicted octanol–water partition coefficient (Wildman–Crippen LogP) is 1.93. The van der Waals surface area contributed by atoms with Gasteiger partial charge in [0.25, 0.3) is 5.91 Å². The van der Waals surface area contributed by atoms with Crippen molar-refractivity contribution in [3.63, 3.8) is 0 Å². The van der Waals surface area contributed by atoms with Gasteiger partial charge in [-0.1, -0.05) is 26.7 Å². The molecule has 25 heavy (non-hydrogen) atoms. The summed E-state index contributed by atoms with van der Waals surface area (Å²) in [5.74, 6) is 1.69. The highest BCUT2D eigenvalue weighted by atomic mass is 16.2. The molecular weight excluding hydrogens is 318 g/mol. The van der Waals surface area contributed by atoms with Crippen LogP contribution in [0.3, 0.4) is 0 Å². The molecule has 0 radical (unpaired) electrons. The Morgan fingerprint density at radius 2 is 1.92 bits per heavy atom. The molecule has 0 saturated heterocycles. The van der Waals surface area contributed by atoms with Crippen LogP contribution in [0.5, 0.6) is 0 Å². The van der Waals surface area contributed by atoms with Gasteiger partial charge >= 0.3 is 0 Å². The second-order valence-corrected chi connectivity index (χ2v) is 8.06. The number of rotatable bonds is 5. The van der Waals surface area contributed by atoms with E-state index in [1.165, 1.54) is 0 Å². The quantitative estimate of drug-likeness (QED) is 0.816. The van der Waals surface area contributed by atoms with Gasteiger partial charge in [0, 0.05) is 32.6 Å². The molecule has 1 fully saturated rings. The Kier molecular flexibility index (Phi) is 4.84. The van der Waals surface area contributed by atoms with Gasteiger partial charge in [0.15, 0.2) is 5.82 Å². The fraction of sp³-hybridized carbons (Fsp3) is 0.778. The van der Waals surface area contributed by atoms with Crippen molar-refractivity contribution in [2.24, 2.45) is 11.3 Å². The molecule has 0 N–H and O–H groups in total. The number of hydrogen-bond acceptors (Lipinski definition) is 4. The number of fused-ring (bicyclic) bond motifs is 1. The summed E-state index contributed by atoms with van der Waals surface area (Å²) in [6.45, 7) is 6.10. The van der Waals surface area contributed by atoms with E-state index in [4.69, 9.17) is 0 Å². The van der Waals surface area contributed by atoms with E-state index in [9.17, 15) is 9.59 Å². The Morgan fingerprint density at radius 3 is 2.56 bits per heavy atom. The first-order valence-electron chi connectivity index (χ1n) is 9.27. The summed E-state index contributed by atoms with van der Waals surface area (Å²) in [4.78, 5) is 28.8. The summed E-state index contributed by atoms with van der Waals surface area (Å²) >= 11 is 0. The van der Waals surface area contributed by atoms with Crippen molar-refractivity contribution in [2.75, 3.05) is 20.6 Å². The zero-order chi connectivity index (χ0) is 18.2. The molecule has 2 amide bonds. The molecule has 3 rings (SSSR count). The van der Waals surface area contributed by atoms with Crippen LogP contribution in [0.25, 0.3) is 0 Å². The molecule has 0 spiro atoms. The highest BCUT2D eigenvalue weighted by molar-refractivity contribution is 5.91. The third-order valence-electron chi connectivity index (χ3n) is 5.56. The van der Waals surface area contributed by atoms with Crippen molar-refractivity contribution in [1.82, 2.24) is 24.6 Å². The van der Waals surface area contributed by atoms with Crippen LogP contribution in [0.4, 0.5) is 0 Å². The van der Waals surface area contributed by atoms with Gasteiger partial charge in [-0.15, -0.1) is 10.2 Å². The Labute approximate surface area is 149 Å². The lowest BCUT2D eigenvalue weighted by molar-refractivity contribution is -0.142. The van der Waals surface area contributed by atoms with E-state index in [-0.39, 0.29) is 17.2 Å². The molecule has 0 aromatic carbocycles. The first-order chi connectivity index (χ1) is 11.8. The third kappa shape index (κ3) is 3.28. The van der Waals surface area contributed by atoms with Crippen LogP contribution >= 0.6 is 0 Å². The van der Waals surface area contributed by atoms with Gasteiger partial charge in [0.1, 0.15) is 0 Å². The molecule has 0 bridgehead atoms. The third-order valence-corrected chi connectivity index (χ3v) is 5.56. The molecule has 1 aliphatic heterocycles. The molecule has 1 saturated carbocycles. The minimum absolute atomic E-state index is 0.106. The highest BCUT2D eigenvalue weighted by Crippen LogP contribution is 2.44. The molecule has 2 heterocycles. The first kappa shape index (κ1) is 17.9. The SMILES string of the molecule is CC(C)CC1(C(=O)N(C)Cc2nnc3n2CCN(C)C3=O)CCCC1. The monoisotopic (exact) mass is 347 g/mol. The van der Waals surface area contributed by atoms with E-state index in [2.05, 4.69) is 24.0 Å². The second kappa shape index (κ2) is 6.77. The Bertz CT molecular complexity index is 660. The summed E-state index contributed by atoms with van der Waals surface area (Å²) in [6.07, 6.45) is 5.17. The van der Waals surface area contributed by atoms with Crippen molar-refractivity contribution in [1.29, 1.82) is 0 Å². The van der Waals surface area contributed by atoms with Crippen molar-refractivity contribution in [3.05, 3.63) is 11.6 Å². The van der Waals surface area contributed by atoms with Gasteiger partial charge in [-0.3, -0.25) is 9.59 Å². The largest absolute Gasteiger partial charge is 0.338 e. The lowest BCUT2D eigenvalue weighted by atomic mass is 9.77. The number of likely N-dealkylation sites (N-methyl/N-ethyl adjacent to an activating group) is 1. The smallest absolute Gasteiger partial charge is 0.291 e. The first-order valence-corrected chi connectivity index (χ1v) is 9.27. The van der Waals surface area contributed by atoms with Crippen molar-refractivity contribution in [3.8, 4) is 0 Å². The predicted molar refractivity (Wildman–Crippen MR) is 93.8 cm³/mol. The molecule has 7 nitrogen and oxygen atoms in total. The van der Waals surface area contributed by atoms with Gasteiger partial charge in [0.05, 0.1) is 6.54 Å². The molecule has 7 heteroatoms.